The summed E-state index contributed by atoms with van der Waals surface area (Å²) in [4.78, 5) is 2.29. The summed E-state index contributed by atoms with van der Waals surface area (Å²) in [6.45, 7) is 3.38. The Balaban J connectivity index is 1.48. The van der Waals surface area contributed by atoms with Crippen molar-refractivity contribution >= 4 is 5.82 Å². The Labute approximate surface area is 154 Å². The maximum Gasteiger partial charge on any atom is 0.151 e. The Morgan fingerprint density at radius 2 is 2.27 bits per heavy atom. The molecule has 1 aliphatic heterocycles. The lowest BCUT2D eigenvalue weighted by molar-refractivity contribution is 0.312. The van der Waals surface area contributed by atoms with Crippen molar-refractivity contribution in [1.82, 2.24) is 15.5 Å². The van der Waals surface area contributed by atoms with Gasteiger partial charge in [0.2, 0.25) is 0 Å². The number of nitriles is 1. The third-order valence-electron chi connectivity index (χ3n) is 4.50. The summed E-state index contributed by atoms with van der Waals surface area (Å²) in [5.41, 5.74) is 1.21. The number of hydrogen-bond donors (Lipinski definition) is 1. The normalized spacial score (nSPS) is 16.9. The van der Waals surface area contributed by atoms with Gasteiger partial charge >= 0.3 is 0 Å². The van der Waals surface area contributed by atoms with Crippen LogP contribution >= 0.6 is 0 Å². The van der Waals surface area contributed by atoms with Crippen LogP contribution in [0.4, 0.5) is 5.82 Å². The molecule has 1 atom stereocenters. The van der Waals surface area contributed by atoms with Crippen LogP contribution in [-0.2, 0) is 6.54 Å². The number of unbranched alkanes of at least 4 members (excludes halogenated alkanes) is 1. The van der Waals surface area contributed by atoms with Crippen LogP contribution in [0.1, 0.15) is 31.2 Å². The number of hydrogen-bond acceptors (Lipinski definition) is 6. The Kier molecular flexibility index (Phi) is 6.80. The van der Waals surface area contributed by atoms with E-state index in [4.69, 9.17) is 10.00 Å². The second-order valence-corrected chi connectivity index (χ2v) is 6.51. The smallest absolute Gasteiger partial charge is 0.151 e. The minimum Gasteiger partial charge on any atom is -0.494 e. The van der Waals surface area contributed by atoms with Crippen molar-refractivity contribution in [3.63, 3.8) is 0 Å². The van der Waals surface area contributed by atoms with Gasteiger partial charge in [0.1, 0.15) is 5.75 Å². The molecule has 0 amide bonds. The molecule has 0 bridgehead atoms. The highest BCUT2D eigenvalue weighted by Crippen LogP contribution is 2.18. The summed E-state index contributed by atoms with van der Waals surface area (Å²) >= 11 is 0. The minimum atomic E-state index is 0.436. The molecule has 1 fully saturated rings. The molecule has 136 valence electrons. The van der Waals surface area contributed by atoms with Crippen molar-refractivity contribution in [2.45, 2.75) is 38.3 Å². The molecule has 1 aromatic heterocycles. The third-order valence-corrected chi connectivity index (χ3v) is 4.50. The lowest BCUT2D eigenvalue weighted by atomic mass is 10.1. The Bertz CT molecular complexity index is 716. The van der Waals surface area contributed by atoms with Gasteiger partial charge in [0.25, 0.3) is 0 Å². The van der Waals surface area contributed by atoms with Gasteiger partial charge < -0.3 is 15.0 Å². The highest BCUT2D eigenvalue weighted by Gasteiger charge is 2.20. The molecule has 0 radical (unpaired) electrons. The Morgan fingerprint density at radius 1 is 1.31 bits per heavy atom. The zero-order valence-electron chi connectivity index (χ0n) is 15.0. The van der Waals surface area contributed by atoms with Crippen molar-refractivity contribution in [1.29, 1.82) is 5.26 Å². The molecule has 1 N–H and O–H groups in total. The first-order valence-electron chi connectivity index (χ1n) is 9.20. The SMILES string of the molecule is N#CCCCOc1cccc(CNC2CCCN(c3cccnn3)C2)c1. The molecule has 0 saturated carbocycles. The number of nitrogens with zero attached hydrogens (tertiary/aromatic N) is 4. The topological polar surface area (TPSA) is 74.1 Å². The van der Waals surface area contributed by atoms with Crippen molar-refractivity contribution in [3.05, 3.63) is 48.2 Å². The fourth-order valence-electron chi connectivity index (χ4n) is 3.16. The van der Waals surface area contributed by atoms with E-state index in [1.165, 1.54) is 12.0 Å². The summed E-state index contributed by atoms with van der Waals surface area (Å²) in [6, 6.07) is 14.7. The maximum atomic E-state index is 8.57. The van der Waals surface area contributed by atoms with Crippen LogP contribution in [0.15, 0.2) is 42.6 Å². The first-order valence-corrected chi connectivity index (χ1v) is 9.20. The highest BCUT2D eigenvalue weighted by atomic mass is 16.5. The van der Waals surface area contributed by atoms with Crippen LogP contribution in [0.3, 0.4) is 0 Å². The maximum absolute atomic E-state index is 8.57. The van der Waals surface area contributed by atoms with Gasteiger partial charge in [-0.05, 0) is 49.1 Å². The molecule has 0 aliphatic carbocycles. The molecule has 2 heterocycles. The third kappa shape index (κ3) is 5.43. The fourth-order valence-corrected chi connectivity index (χ4v) is 3.16. The van der Waals surface area contributed by atoms with E-state index in [0.29, 0.717) is 19.1 Å². The van der Waals surface area contributed by atoms with E-state index in [-0.39, 0.29) is 0 Å². The predicted octanol–water partition coefficient (Wildman–Crippen LogP) is 2.92. The average Bonchev–Trinajstić information content (AvgIpc) is 2.71. The van der Waals surface area contributed by atoms with E-state index >= 15 is 0 Å². The van der Waals surface area contributed by atoms with Crippen molar-refractivity contribution in [3.8, 4) is 11.8 Å². The second kappa shape index (κ2) is 9.73. The van der Waals surface area contributed by atoms with Gasteiger partial charge in [-0.3, -0.25) is 0 Å². The molecule has 26 heavy (non-hydrogen) atoms. The van der Waals surface area contributed by atoms with Crippen molar-refractivity contribution in [2.24, 2.45) is 0 Å². The summed E-state index contributed by atoms with van der Waals surface area (Å²) in [6.07, 6.45) is 5.32. The molecule has 6 nitrogen and oxygen atoms in total. The Morgan fingerprint density at radius 3 is 3.12 bits per heavy atom. The first-order chi connectivity index (χ1) is 12.8. The lowest BCUT2D eigenvalue weighted by Gasteiger charge is -2.33. The quantitative estimate of drug-likeness (QED) is 0.737. The van der Waals surface area contributed by atoms with Gasteiger partial charge in [-0.15, -0.1) is 5.10 Å². The van der Waals surface area contributed by atoms with Crippen LogP contribution in [0.5, 0.6) is 5.75 Å². The number of piperidine rings is 1. The molecule has 0 spiro atoms. The molecule has 1 saturated heterocycles. The minimum absolute atomic E-state index is 0.436. The van der Waals surface area contributed by atoms with Crippen LogP contribution in [0.2, 0.25) is 0 Å². The molecular formula is C20H25N5O. The van der Waals surface area contributed by atoms with Crippen LogP contribution < -0.4 is 15.0 Å². The number of aromatic nitrogens is 2. The van der Waals surface area contributed by atoms with Gasteiger partial charge in [0, 0.05) is 38.3 Å². The zero-order chi connectivity index (χ0) is 18.0. The van der Waals surface area contributed by atoms with E-state index in [0.717, 1.165) is 44.0 Å². The van der Waals surface area contributed by atoms with E-state index in [2.05, 4.69) is 38.6 Å². The standard InChI is InChI=1S/C20H25N5O/c21-10-1-2-13-26-19-8-3-6-17(14-19)15-22-18-7-5-12-25(16-18)20-9-4-11-23-24-20/h3-4,6,8-9,11,14,18,22H,1-2,5,7,12-13,15-16H2. The summed E-state index contributed by atoms with van der Waals surface area (Å²) in [5, 5.41) is 20.4. The van der Waals surface area contributed by atoms with E-state index in [1.54, 1.807) is 6.20 Å². The first kappa shape index (κ1) is 18.2. The van der Waals surface area contributed by atoms with E-state index < -0.39 is 0 Å². The highest BCUT2D eigenvalue weighted by molar-refractivity contribution is 5.37. The molecule has 2 aromatic rings. The lowest BCUT2D eigenvalue weighted by Crippen LogP contribution is -2.45. The number of rotatable bonds is 8. The zero-order valence-corrected chi connectivity index (χ0v) is 15.0. The number of ether oxygens (including phenoxy) is 1. The van der Waals surface area contributed by atoms with Crippen LogP contribution in [0, 0.1) is 11.3 Å². The van der Waals surface area contributed by atoms with Gasteiger partial charge in [0.05, 0.1) is 12.7 Å². The van der Waals surface area contributed by atoms with Gasteiger partial charge in [-0.2, -0.15) is 10.4 Å². The monoisotopic (exact) mass is 351 g/mol. The molecular weight excluding hydrogens is 326 g/mol. The van der Waals surface area contributed by atoms with E-state index in [9.17, 15) is 0 Å². The molecule has 1 unspecified atom stereocenters. The average molecular weight is 351 g/mol. The van der Waals surface area contributed by atoms with Gasteiger partial charge in [-0.1, -0.05) is 12.1 Å². The van der Waals surface area contributed by atoms with Crippen LogP contribution in [-0.4, -0.2) is 35.9 Å². The number of nitrogens with one attached hydrogen (secondary N) is 1. The molecule has 1 aromatic carbocycles. The summed E-state index contributed by atoms with van der Waals surface area (Å²) in [5.74, 6) is 1.82. The van der Waals surface area contributed by atoms with Crippen molar-refractivity contribution < 1.29 is 4.74 Å². The largest absolute Gasteiger partial charge is 0.494 e. The van der Waals surface area contributed by atoms with Crippen LogP contribution in [0.25, 0.3) is 0 Å². The fraction of sp³-hybridized carbons (Fsp3) is 0.450. The Hall–Kier alpha value is -2.65. The molecule has 6 heteroatoms. The molecule has 1 aliphatic rings. The number of anilines is 1. The van der Waals surface area contributed by atoms with Gasteiger partial charge in [-0.25, -0.2) is 0 Å². The molecule has 3 rings (SSSR count). The number of benzene rings is 1. The second-order valence-electron chi connectivity index (χ2n) is 6.51. The summed E-state index contributed by atoms with van der Waals surface area (Å²) < 4.78 is 5.71. The summed E-state index contributed by atoms with van der Waals surface area (Å²) in [7, 11) is 0. The van der Waals surface area contributed by atoms with Gasteiger partial charge in [0.15, 0.2) is 5.82 Å². The van der Waals surface area contributed by atoms with E-state index in [1.807, 2.05) is 24.3 Å². The predicted molar refractivity (Wildman–Crippen MR) is 101 cm³/mol. The van der Waals surface area contributed by atoms with Crippen molar-refractivity contribution in [2.75, 3.05) is 24.6 Å².